The second kappa shape index (κ2) is 6.50. The van der Waals surface area contributed by atoms with Gasteiger partial charge in [-0.3, -0.25) is 0 Å². The van der Waals surface area contributed by atoms with Gasteiger partial charge in [-0.15, -0.1) is 11.6 Å². The zero-order valence-corrected chi connectivity index (χ0v) is 13.8. The van der Waals surface area contributed by atoms with Crippen LogP contribution in [0.25, 0.3) is 0 Å². The summed E-state index contributed by atoms with van der Waals surface area (Å²) in [6.45, 7) is 5.34. The molecule has 114 valence electrons. The van der Waals surface area contributed by atoms with E-state index in [1.54, 1.807) is 16.6 Å². The van der Waals surface area contributed by atoms with Crippen molar-refractivity contribution in [3.63, 3.8) is 0 Å². The van der Waals surface area contributed by atoms with Crippen LogP contribution in [-0.2, 0) is 22.4 Å². The Bertz CT molecular complexity index is 532. The molecule has 0 aromatic carbocycles. The molecule has 2 heterocycles. The normalized spacial score (nSPS) is 21.9. The first-order valence-electron chi connectivity index (χ1n) is 7.27. The lowest BCUT2D eigenvalue weighted by Gasteiger charge is -2.25. The predicted octanol–water partition coefficient (Wildman–Crippen LogP) is 3.20. The van der Waals surface area contributed by atoms with Gasteiger partial charge in [0, 0.05) is 31.0 Å². The molecule has 0 spiro atoms. The van der Waals surface area contributed by atoms with E-state index in [1.165, 1.54) is 0 Å². The minimum Gasteiger partial charge on any atom is -0.349 e. The molecule has 1 aromatic rings. The summed E-state index contributed by atoms with van der Waals surface area (Å²) in [7, 11) is -3.40. The molecule has 0 bridgehead atoms. The Balaban J connectivity index is 2.35. The molecule has 20 heavy (non-hydrogen) atoms. The highest BCUT2D eigenvalue weighted by molar-refractivity contribution is 7.89. The number of nitrogens with zero attached hydrogens (tertiary/aromatic N) is 2. The van der Waals surface area contributed by atoms with Gasteiger partial charge in [0.2, 0.25) is 10.0 Å². The Labute approximate surface area is 126 Å². The van der Waals surface area contributed by atoms with Gasteiger partial charge in [0.15, 0.2) is 0 Å². The Morgan fingerprint density at radius 1 is 1.35 bits per heavy atom. The predicted molar refractivity (Wildman–Crippen MR) is 81.5 cm³/mol. The van der Waals surface area contributed by atoms with Gasteiger partial charge in [0.25, 0.3) is 0 Å². The maximum Gasteiger partial charge on any atom is 0.244 e. The summed E-state index contributed by atoms with van der Waals surface area (Å²) in [6, 6.07) is 1.79. The van der Waals surface area contributed by atoms with Gasteiger partial charge in [0.05, 0.1) is 5.88 Å². The molecule has 1 aromatic heterocycles. The maximum absolute atomic E-state index is 12.8. The summed E-state index contributed by atoms with van der Waals surface area (Å²) >= 11 is 5.89. The van der Waals surface area contributed by atoms with E-state index in [9.17, 15) is 8.42 Å². The zero-order chi connectivity index (χ0) is 14.8. The first-order valence-corrected chi connectivity index (χ1v) is 9.25. The van der Waals surface area contributed by atoms with Crippen LogP contribution in [-0.4, -0.2) is 29.9 Å². The van der Waals surface area contributed by atoms with Crippen LogP contribution in [0, 0.1) is 0 Å². The van der Waals surface area contributed by atoms with Gasteiger partial charge in [-0.25, -0.2) is 8.42 Å². The standard InChI is InChI=1S/C14H23ClN2O2S/c1-3-16-11-14(9-13(16)10-15)20(18,19)17-8-6-4-5-7-12(17)2/h9,11-12H,3-8,10H2,1-2H3. The average Bonchev–Trinajstić information content (AvgIpc) is 2.74. The molecule has 0 N–H and O–H groups in total. The number of sulfonamides is 1. The SMILES string of the molecule is CCn1cc(S(=O)(=O)N2CCCCCC2C)cc1CCl. The van der Waals surface area contributed by atoms with Crippen molar-refractivity contribution in [3.05, 3.63) is 18.0 Å². The molecule has 0 saturated carbocycles. The number of rotatable bonds is 4. The Kier molecular flexibility index (Phi) is 5.15. The molecule has 1 fully saturated rings. The minimum atomic E-state index is -3.40. The summed E-state index contributed by atoms with van der Waals surface area (Å²) in [5, 5.41) is 0. The molecule has 0 amide bonds. The molecule has 0 aliphatic carbocycles. The summed E-state index contributed by atoms with van der Waals surface area (Å²) in [6.07, 6.45) is 5.82. The van der Waals surface area contributed by atoms with Crippen molar-refractivity contribution in [2.45, 2.75) is 62.9 Å². The lowest BCUT2D eigenvalue weighted by Crippen LogP contribution is -2.38. The molecular formula is C14H23ClN2O2S. The van der Waals surface area contributed by atoms with Crippen LogP contribution in [0.5, 0.6) is 0 Å². The zero-order valence-electron chi connectivity index (χ0n) is 12.2. The first kappa shape index (κ1) is 15.9. The third-order valence-electron chi connectivity index (χ3n) is 4.04. The third kappa shape index (κ3) is 3.05. The molecule has 2 rings (SSSR count). The van der Waals surface area contributed by atoms with E-state index in [4.69, 9.17) is 11.6 Å². The van der Waals surface area contributed by atoms with E-state index < -0.39 is 10.0 Å². The summed E-state index contributed by atoms with van der Waals surface area (Å²) < 4.78 is 29.2. The second-order valence-corrected chi connectivity index (χ2v) is 7.56. The number of aryl methyl sites for hydroxylation is 1. The van der Waals surface area contributed by atoms with Crippen LogP contribution in [0.4, 0.5) is 0 Å². The molecule has 1 atom stereocenters. The fourth-order valence-electron chi connectivity index (χ4n) is 2.81. The summed E-state index contributed by atoms with van der Waals surface area (Å²) in [5.41, 5.74) is 0.857. The minimum absolute atomic E-state index is 0.0759. The molecule has 6 heteroatoms. The van der Waals surface area contributed by atoms with Crippen LogP contribution in [0.2, 0.25) is 0 Å². The number of halogens is 1. The Morgan fingerprint density at radius 3 is 2.70 bits per heavy atom. The van der Waals surface area contributed by atoms with Crippen LogP contribution in [0.1, 0.15) is 45.2 Å². The van der Waals surface area contributed by atoms with Crippen molar-refractivity contribution in [3.8, 4) is 0 Å². The van der Waals surface area contributed by atoms with Gasteiger partial charge < -0.3 is 4.57 Å². The van der Waals surface area contributed by atoms with Crippen molar-refractivity contribution in [2.75, 3.05) is 6.54 Å². The number of aromatic nitrogens is 1. The third-order valence-corrected chi connectivity index (χ3v) is 6.29. The molecule has 1 unspecified atom stereocenters. The van der Waals surface area contributed by atoms with Crippen molar-refractivity contribution in [2.24, 2.45) is 0 Å². The topological polar surface area (TPSA) is 42.3 Å². The molecule has 4 nitrogen and oxygen atoms in total. The van der Waals surface area contributed by atoms with Crippen LogP contribution in [0.3, 0.4) is 0 Å². The van der Waals surface area contributed by atoms with Crippen LogP contribution < -0.4 is 0 Å². The highest BCUT2D eigenvalue weighted by Gasteiger charge is 2.31. The van der Waals surface area contributed by atoms with Crippen molar-refractivity contribution in [1.82, 2.24) is 8.87 Å². The van der Waals surface area contributed by atoms with E-state index in [0.717, 1.165) is 37.9 Å². The molecular weight excluding hydrogens is 296 g/mol. The van der Waals surface area contributed by atoms with Crippen molar-refractivity contribution in [1.29, 1.82) is 0 Å². The number of hydrogen-bond donors (Lipinski definition) is 0. The first-order chi connectivity index (χ1) is 9.50. The Hall–Kier alpha value is -0.520. The quantitative estimate of drug-likeness (QED) is 0.800. The molecule has 1 saturated heterocycles. The van der Waals surface area contributed by atoms with Gasteiger partial charge >= 0.3 is 0 Å². The number of hydrogen-bond acceptors (Lipinski definition) is 2. The van der Waals surface area contributed by atoms with Crippen LogP contribution in [0.15, 0.2) is 17.2 Å². The van der Waals surface area contributed by atoms with E-state index in [0.29, 0.717) is 17.3 Å². The smallest absolute Gasteiger partial charge is 0.244 e. The Morgan fingerprint density at radius 2 is 2.10 bits per heavy atom. The fraction of sp³-hybridized carbons (Fsp3) is 0.714. The molecule has 0 radical (unpaired) electrons. The lowest BCUT2D eigenvalue weighted by atomic mass is 10.1. The second-order valence-electron chi connectivity index (χ2n) is 5.40. The summed E-state index contributed by atoms with van der Waals surface area (Å²) in [4.78, 5) is 0.378. The molecule has 1 aliphatic heterocycles. The summed E-state index contributed by atoms with van der Waals surface area (Å²) in [5.74, 6) is 0.332. The van der Waals surface area contributed by atoms with Gasteiger partial charge in [0.1, 0.15) is 4.90 Å². The van der Waals surface area contributed by atoms with Crippen LogP contribution >= 0.6 is 11.6 Å². The highest BCUT2D eigenvalue weighted by Crippen LogP contribution is 2.26. The van der Waals surface area contributed by atoms with Gasteiger partial charge in [-0.2, -0.15) is 4.31 Å². The number of alkyl halides is 1. The van der Waals surface area contributed by atoms with Gasteiger partial charge in [-0.05, 0) is 32.8 Å². The average molecular weight is 319 g/mol. The monoisotopic (exact) mass is 318 g/mol. The lowest BCUT2D eigenvalue weighted by molar-refractivity contribution is 0.342. The molecule has 1 aliphatic rings. The largest absolute Gasteiger partial charge is 0.349 e. The van der Waals surface area contributed by atoms with Crippen molar-refractivity contribution >= 4 is 21.6 Å². The maximum atomic E-state index is 12.8. The van der Waals surface area contributed by atoms with E-state index in [-0.39, 0.29) is 6.04 Å². The van der Waals surface area contributed by atoms with Gasteiger partial charge in [-0.1, -0.05) is 12.8 Å². The van der Waals surface area contributed by atoms with E-state index >= 15 is 0 Å². The van der Waals surface area contributed by atoms with E-state index in [2.05, 4.69) is 0 Å². The highest BCUT2D eigenvalue weighted by atomic mass is 35.5. The van der Waals surface area contributed by atoms with E-state index in [1.807, 2.05) is 18.4 Å². The van der Waals surface area contributed by atoms with Crippen molar-refractivity contribution < 1.29 is 8.42 Å². The fourth-order valence-corrected chi connectivity index (χ4v) is 4.81.